The number of nitrogens with zero attached hydrogens (tertiary/aromatic N) is 1. The fourth-order valence-corrected chi connectivity index (χ4v) is 2.87. The molecule has 2 rings (SSSR count). The summed E-state index contributed by atoms with van der Waals surface area (Å²) in [5.74, 6) is 0.516. The molecule has 0 aliphatic heterocycles. The van der Waals surface area contributed by atoms with Crippen molar-refractivity contribution in [2.24, 2.45) is 0 Å². The molecule has 3 heteroatoms. The van der Waals surface area contributed by atoms with Gasteiger partial charge in [-0.05, 0) is 18.9 Å². The Labute approximate surface area is 119 Å². The van der Waals surface area contributed by atoms with Crippen LogP contribution >= 0.6 is 11.3 Å². The minimum absolute atomic E-state index is 0.516. The summed E-state index contributed by atoms with van der Waals surface area (Å²) in [4.78, 5) is 5.54. The van der Waals surface area contributed by atoms with Crippen LogP contribution < -0.4 is 5.32 Å². The van der Waals surface area contributed by atoms with Crippen LogP contribution in [-0.4, -0.2) is 17.6 Å². The highest BCUT2D eigenvalue weighted by Gasteiger charge is 2.14. The maximum atomic E-state index is 4.18. The molecule has 0 radical (unpaired) electrons. The zero-order valence-corrected chi connectivity index (χ0v) is 12.7. The summed E-state index contributed by atoms with van der Waals surface area (Å²) in [7, 11) is 0. The summed E-state index contributed by atoms with van der Waals surface area (Å²) < 4.78 is 0. The highest BCUT2D eigenvalue weighted by molar-refractivity contribution is 7.09. The molecular weight excluding hydrogens is 252 g/mol. The largest absolute Gasteiger partial charge is 0.314 e. The Kier molecular flexibility index (Phi) is 5.11. The van der Waals surface area contributed by atoms with Crippen molar-refractivity contribution >= 4 is 11.3 Å². The van der Waals surface area contributed by atoms with E-state index in [1.807, 2.05) is 11.7 Å². The van der Waals surface area contributed by atoms with Crippen molar-refractivity contribution in [3.05, 3.63) is 52.0 Å². The lowest BCUT2D eigenvalue weighted by atomic mass is 9.93. The second-order valence-corrected chi connectivity index (χ2v) is 6.32. The summed E-state index contributed by atoms with van der Waals surface area (Å²) in [6.07, 6.45) is 3.05. The van der Waals surface area contributed by atoms with Crippen molar-refractivity contribution in [3.63, 3.8) is 0 Å². The summed E-state index contributed by atoms with van der Waals surface area (Å²) in [5, 5.41) is 3.56. The number of nitrogens with one attached hydrogen (secondary N) is 1. The van der Waals surface area contributed by atoms with Crippen LogP contribution in [0.4, 0.5) is 0 Å². The van der Waals surface area contributed by atoms with Gasteiger partial charge in [0.05, 0.1) is 5.51 Å². The number of thiazole rings is 1. The number of benzene rings is 1. The Bertz CT molecular complexity index is 491. The fourth-order valence-electron chi connectivity index (χ4n) is 2.20. The lowest BCUT2D eigenvalue weighted by Crippen LogP contribution is -2.28. The van der Waals surface area contributed by atoms with Crippen LogP contribution in [0, 0.1) is 6.92 Å². The Morgan fingerprint density at radius 3 is 2.79 bits per heavy atom. The van der Waals surface area contributed by atoms with Gasteiger partial charge in [0.25, 0.3) is 0 Å². The number of hydrogen-bond donors (Lipinski definition) is 1. The summed E-state index contributed by atoms with van der Waals surface area (Å²) >= 11 is 1.75. The van der Waals surface area contributed by atoms with Gasteiger partial charge in [0.1, 0.15) is 0 Å². The van der Waals surface area contributed by atoms with Gasteiger partial charge >= 0.3 is 0 Å². The summed E-state index contributed by atoms with van der Waals surface area (Å²) in [6.45, 7) is 7.56. The van der Waals surface area contributed by atoms with E-state index < -0.39 is 0 Å². The predicted molar refractivity (Wildman–Crippen MR) is 82.9 cm³/mol. The maximum absolute atomic E-state index is 4.18. The van der Waals surface area contributed by atoms with Crippen molar-refractivity contribution in [1.29, 1.82) is 0 Å². The van der Waals surface area contributed by atoms with Crippen molar-refractivity contribution in [1.82, 2.24) is 10.3 Å². The Morgan fingerprint density at radius 2 is 2.16 bits per heavy atom. The molecular formula is C16H22N2S. The van der Waals surface area contributed by atoms with Gasteiger partial charge in [0.2, 0.25) is 0 Å². The first kappa shape index (κ1) is 14.2. The number of rotatable bonds is 6. The van der Waals surface area contributed by atoms with Gasteiger partial charge in [-0.25, -0.2) is 0 Å². The normalized spacial score (nSPS) is 12.8. The van der Waals surface area contributed by atoms with Gasteiger partial charge in [-0.15, -0.1) is 11.3 Å². The zero-order chi connectivity index (χ0) is 13.7. The van der Waals surface area contributed by atoms with Gasteiger partial charge in [-0.1, -0.05) is 43.7 Å². The van der Waals surface area contributed by atoms with E-state index >= 15 is 0 Å². The van der Waals surface area contributed by atoms with E-state index in [0.717, 1.165) is 13.0 Å². The molecule has 0 amide bonds. The highest BCUT2D eigenvalue weighted by Crippen LogP contribution is 2.23. The van der Waals surface area contributed by atoms with Gasteiger partial charge in [-0.2, -0.15) is 0 Å². The summed E-state index contributed by atoms with van der Waals surface area (Å²) in [6, 6.07) is 9.37. The molecule has 19 heavy (non-hydrogen) atoms. The molecule has 0 saturated carbocycles. The molecule has 1 heterocycles. The minimum Gasteiger partial charge on any atom is -0.314 e. The van der Waals surface area contributed by atoms with E-state index in [4.69, 9.17) is 0 Å². The molecule has 0 spiro atoms. The summed E-state index contributed by atoms with van der Waals surface area (Å²) in [5.41, 5.74) is 4.66. The van der Waals surface area contributed by atoms with Gasteiger partial charge in [-0.3, -0.25) is 4.98 Å². The number of aromatic nitrogens is 1. The van der Waals surface area contributed by atoms with E-state index in [-0.39, 0.29) is 0 Å². The van der Waals surface area contributed by atoms with Crippen LogP contribution in [0.2, 0.25) is 0 Å². The molecule has 0 aliphatic carbocycles. The van der Waals surface area contributed by atoms with Crippen molar-refractivity contribution in [2.45, 2.75) is 39.2 Å². The third kappa shape index (κ3) is 4.44. The molecule has 0 fully saturated rings. The first-order valence-corrected chi connectivity index (χ1v) is 7.70. The molecule has 1 aromatic heterocycles. The maximum Gasteiger partial charge on any atom is 0.0794 e. The number of aryl methyl sites for hydroxylation is 1. The molecule has 0 saturated heterocycles. The lowest BCUT2D eigenvalue weighted by Gasteiger charge is -2.19. The van der Waals surface area contributed by atoms with Gasteiger partial charge in [0, 0.05) is 29.6 Å². The molecule has 1 N–H and O–H groups in total. The van der Waals surface area contributed by atoms with E-state index in [1.165, 1.54) is 16.0 Å². The average molecular weight is 274 g/mol. The molecule has 0 bridgehead atoms. The Morgan fingerprint density at radius 1 is 1.32 bits per heavy atom. The third-order valence-electron chi connectivity index (χ3n) is 3.22. The van der Waals surface area contributed by atoms with Gasteiger partial charge < -0.3 is 5.32 Å². The first-order chi connectivity index (χ1) is 9.15. The molecule has 2 nitrogen and oxygen atoms in total. The zero-order valence-electron chi connectivity index (χ0n) is 11.9. The third-order valence-corrected chi connectivity index (χ3v) is 4.02. The van der Waals surface area contributed by atoms with Gasteiger partial charge in [0.15, 0.2) is 0 Å². The molecule has 2 aromatic rings. The molecule has 1 atom stereocenters. The van der Waals surface area contributed by atoms with Crippen molar-refractivity contribution < 1.29 is 0 Å². The average Bonchev–Trinajstić information content (AvgIpc) is 2.87. The Hall–Kier alpha value is -1.19. The van der Waals surface area contributed by atoms with Crippen molar-refractivity contribution in [3.8, 4) is 0 Å². The SMILES string of the molecule is Cc1cccc(C(CNC(C)C)Cc2cncs2)c1. The van der Waals surface area contributed by atoms with Crippen LogP contribution in [0.1, 0.15) is 35.8 Å². The van der Waals surface area contributed by atoms with E-state index in [2.05, 4.69) is 55.3 Å². The van der Waals surface area contributed by atoms with E-state index in [9.17, 15) is 0 Å². The number of hydrogen-bond acceptors (Lipinski definition) is 3. The molecule has 1 unspecified atom stereocenters. The topological polar surface area (TPSA) is 24.9 Å². The quantitative estimate of drug-likeness (QED) is 0.867. The van der Waals surface area contributed by atoms with Crippen molar-refractivity contribution in [2.75, 3.05) is 6.54 Å². The lowest BCUT2D eigenvalue weighted by molar-refractivity contribution is 0.528. The van der Waals surface area contributed by atoms with Crippen LogP contribution in [0.15, 0.2) is 36.0 Å². The second kappa shape index (κ2) is 6.83. The molecule has 1 aromatic carbocycles. The monoisotopic (exact) mass is 274 g/mol. The second-order valence-electron chi connectivity index (χ2n) is 5.35. The predicted octanol–water partition coefficient (Wildman–Crippen LogP) is 3.78. The minimum atomic E-state index is 0.516. The van der Waals surface area contributed by atoms with Crippen LogP contribution in [0.3, 0.4) is 0 Å². The first-order valence-electron chi connectivity index (χ1n) is 6.82. The molecule has 102 valence electrons. The van der Waals surface area contributed by atoms with Crippen LogP contribution in [0.5, 0.6) is 0 Å². The van der Waals surface area contributed by atoms with E-state index in [1.54, 1.807) is 11.3 Å². The smallest absolute Gasteiger partial charge is 0.0794 e. The highest BCUT2D eigenvalue weighted by atomic mass is 32.1. The Balaban J connectivity index is 2.13. The standard InChI is InChI=1S/C16H22N2S/c1-12(2)18-9-15(8-16-10-17-11-19-16)14-6-4-5-13(3)7-14/h4-7,10-12,15,18H,8-9H2,1-3H3. The van der Waals surface area contributed by atoms with Crippen LogP contribution in [-0.2, 0) is 6.42 Å². The van der Waals surface area contributed by atoms with E-state index in [0.29, 0.717) is 12.0 Å². The fraction of sp³-hybridized carbons (Fsp3) is 0.438. The molecule has 0 aliphatic rings. The van der Waals surface area contributed by atoms with Crippen LogP contribution in [0.25, 0.3) is 0 Å².